The third-order valence-electron chi connectivity index (χ3n) is 5.01. The minimum Gasteiger partial charge on any atom is -0.493 e. The molecule has 1 aliphatic carbocycles. The maximum absolute atomic E-state index is 12.5. The summed E-state index contributed by atoms with van der Waals surface area (Å²) in [4.78, 5) is 24.7. The number of nitrogens with one attached hydrogen (secondary N) is 1. The predicted octanol–water partition coefficient (Wildman–Crippen LogP) is 2.71. The smallest absolute Gasteiger partial charge is 0.339 e. The highest BCUT2D eigenvalue weighted by atomic mass is 16.6. The second-order valence-corrected chi connectivity index (χ2v) is 7.00. The first-order valence-electron chi connectivity index (χ1n) is 9.55. The van der Waals surface area contributed by atoms with Gasteiger partial charge in [-0.3, -0.25) is 4.79 Å². The van der Waals surface area contributed by atoms with Crippen LogP contribution < -0.4 is 19.5 Å². The van der Waals surface area contributed by atoms with Gasteiger partial charge in [0.05, 0.1) is 12.7 Å². The fraction of sp³-hybridized carbons (Fsp3) is 0.600. The number of amides is 1. The van der Waals surface area contributed by atoms with Gasteiger partial charge in [0.2, 0.25) is 5.75 Å². The maximum atomic E-state index is 12.5. The molecule has 1 heterocycles. The van der Waals surface area contributed by atoms with Crippen LogP contribution >= 0.6 is 0 Å². The van der Waals surface area contributed by atoms with Gasteiger partial charge in [0, 0.05) is 6.54 Å². The van der Waals surface area contributed by atoms with E-state index in [1.807, 2.05) is 0 Å². The van der Waals surface area contributed by atoms with Crippen molar-refractivity contribution in [2.45, 2.75) is 45.1 Å². The summed E-state index contributed by atoms with van der Waals surface area (Å²) in [7, 11) is 1.49. The molecule has 1 aromatic carbocycles. The monoisotopic (exact) mass is 377 g/mol. The molecule has 0 spiro atoms. The van der Waals surface area contributed by atoms with Crippen molar-refractivity contribution in [3.8, 4) is 17.2 Å². The van der Waals surface area contributed by atoms with Crippen LogP contribution in [0.25, 0.3) is 0 Å². The molecule has 1 aromatic rings. The van der Waals surface area contributed by atoms with Crippen molar-refractivity contribution in [3.63, 3.8) is 0 Å². The van der Waals surface area contributed by atoms with Gasteiger partial charge in [0.25, 0.3) is 5.91 Å². The lowest BCUT2D eigenvalue weighted by Crippen LogP contribution is -2.38. The van der Waals surface area contributed by atoms with E-state index in [0.29, 0.717) is 42.9 Å². The highest BCUT2D eigenvalue weighted by Crippen LogP contribution is 2.40. The minimum absolute atomic E-state index is 0.253. The molecular formula is C20H27NO6. The number of esters is 1. The van der Waals surface area contributed by atoms with Crippen molar-refractivity contribution in [2.24, 2.45) is 5.92 Å². The van der Waals surface area contributed by atoms with Crippen LogP contribution in [0.4, 0.5) is 0 Å². The lowest BCUT2D eigenvalue weighted by atomic mass is 9.89. The van der Waals surface area contributed by atoms with E-state index in [1.165, 1.54) is 32.4 Å². The summed E-state index contributed by atoms with van der Waals surface area (Å²) in [6.07, 6.45) is 5.13. The van der Waals surface area contributed by atoms with E-state index in [1.54, 1.807) is 13.0 Å². The van der Waals surface area contributed by atoms with Crippen molar-refractivity contribution in [3.05, 3.63) is 17.7 Å². The number of rotatable bonds is 6. The van der Waals surface area contributed by atoms with Gasteiger partial charge in [-0.05, 0) is 37.8 Å². The van der Waals surface area contributed by atoms with Gasteiger partial charge in [0.1, 0.15) is 13.2 Å². The fourth-order valence-electron chi connectivity index (χ4n) is 3.45. The zero-order valence-corrected chi connectivity index (χ0v) is 15.9. The van der Waals surface area contributed by atoms with Crippen molar-refractivity contribution in [1.82, 2.24) is 5.32 Å². The van der Waals surface area contributed by atoms with E-state index in [2.05, 4.69) is 5.32 Å². The molecule has 3 rings (SSSR count). The molecule has 7 nitrogen and oxygen atoms in total. The normalized spacial score (nSPS) is 17.7. The predicted molar refractivity (Wildman–Crippen MR) is 98.4 cm³/mol. The second kappa shape index (κ2) is 8.97. The molecule has 1 amide bonds. The number of methoxy groups -OCH3 is 1. The van der Waals surface area contributed by atoms with E-state index in [0.717, 1.165) is 12.8 Å². The van der Waals surface area contributed by atoms with Crippen molar-refractivity contribution < 1.29 is 28.5 Å². The lowest BCUT2D eigenvalue weighted by Gasteiger charge is -2.23. The molecule has 1 saturated carbocycles. The first-order valence-corrected chi connectivity index (χ1v) is 9.55. The molecule has 1 aliphatic heterocycles. The van der Waals surface area contributed by atoms with Gasteiger partial charge in [-0.2, -0.15) is 0 Å². The summed E-state index contributed by atoms with van der Waals surface area (Å²) in [6, 6.07) is 3.08. The number of hydrogen-bond acceptors (Lipinski definition) is 6. The van der Waals surface area contributed by atoms with Gasteiger partial charge in [-0.25, -0.2) is 4.79 Å². The van der Waals surface area contributed by atoms with Gasteiger partial charge in [0.15, 0.2) is 17.6 Å². The quantitative estimate of drug-likeness (QED) is 0.768. The van der Waals surface area contributed by atoms with Crippen LogP contribution in [0.1, 0.15) is 49.4 Å². The maximum Gasteiger partial charge on any atom is 0.339 e. The number of benzene rings is 1. The largest absolute Gasteiger partial charge is 0.493 e. The average Bonchev–Trinajstić information content (AvgIpc) is 2.71. The topological polar surface area (TPSA) is 83.1 Å². The Balaban J connectivity index is 1.58. The molecule has 0 saturated heterocycles. The molecular weight excluding hydrogens is 350 g/mol. The van der Waals surface area contributed by atoms with E-state index in [4.69, 9.17) is 18.9 Å². The van der Waals surface area contributed by atoms with Crippen LogP contribution in [0.3, 0.4) is 0 Å². The molecule has 148 valence electrons. The van der Waals surface area contributed by atoms with Crippen molar-refractivity contribution in [1.29, 1.82) is 0 Å². The highest BCUT2D eigenvalue weighted by molar-refractivity contribution is 5.93. The standard InChI is InChI=1S/C20H27NO6/c1-13(19(22)21-12-14-6-4-3-5-7-14)27-20(23)15-10-16(24-2)18-17(11-15)25-8-9-26-18/h10-11,13-14H,3-9,12H2,1-2H3,(H,21,22). The third-order valence-corrected chi connectivity index (χ3v) is 5.01. The van der Waals surface area contributed by atoms with Crippen molar-refractivity contribution in [2.75, 3.05) is 26.9 Å². The van der Waals surface area contributed by atoms with Crippen molar-refractivity contribution >= 4 is 11.9 Å². The van der Waals surface area contributed by atoms with Crippen LogP contribution in [0.2, 0.25) is 0 Å². The summed E-state index contributed by atoms with van der Waals surface area (Å²) < 4.78 is 21.6. The summed E-state index contributed by atoms with van der Waals surface area (Å²) in [5.41, 5.74) is 0.253. The zero-order chi connectivity index (χ0) is 19.2. The van der Waals surface area contributed by atoms with Crippen LogP contribution in [-0.4, -0.2) is 44.8 Å². The number of fused-ring (bicyclic) bond motifs is 1. The molecule has 0 radical (unpaired) electrons. The first-order chi connectivity index (χ1) is 13.1. The minimum atomic E-state index is -0.875. The SMILES string of the molecule is COc1cc(C(=O)OC(C)C(=O)NCC2CCCCC2)cc2c1OCCO2. The average molecular weight is 377 g/mol. The third kappa shape index (κ3) is 4.84. The van der Waals surface area contributed by atoms with E-state index in [9.17, 15) is 9.59 Å². The number of hydrogen-bond donors (Lipinski definition) is 1. The first kappa shape index (κ1) is 19.3. The number of ether oxygens (including phenoxy) is 4. The molecule has 0 aromatic heterocycles. The Morgan fingerprint density at radius 3 is 2.67 bits per heavy atom. The van der Waals surface area contributed by atoms with Crippen LogP contribution in [0.5, 0.6) is 17.2 Å². The van der Waals surface area contributed by atoms with Crippen LogP contribution in [0, 0.1) is 5.92 Å². The molecule has 1 unspecified atom stereocenters. The molecule has 2 aliphatic rings. The lowest BCUT2D eigenvalue weighted by molar-refractivity contribution is -0.129. The molecule has 1 atom stereocenters. The van der Waals surface area contributed by atoms with Gasteiger partial charge < -0.3 is 24.3 Å². The summed E-state index contributed by atoms with van der Waals surface area (Å²) in [6.45, 7) is 3.03. The van der Waals surface area contributed by atoms with E-state index >= 15 is 0 Å². The molecule has 7 heteroatoms. The Labute approximate surface area is 159 Å². The summed E-state index contributed by atoms with van der Waals surface area (Å²) >= 11 is 0. The van der Waals surface area contributed by atoms with E-state index in [-0.39, 0.29) is 11.5 Å². The molecule has 27 heavy (non-hydrogen) atoms. The van der Waals surface area contributed by atoms with Crippen LogP contribution in [-0.2, 0) is 9.53 Å². The van der Waals surface area contributed by atoms with E-state index < -0.39 is 12.1 Å². The second-order valence-electron chi connectivity index (χ2n) is 7.00. The Morgan fingerprint density at radius 2 is 1.93 bits per heavy atom. The molecule has 1 fully saturated rings. The summed E-state index contributed by atoms with van der Waals surface area (Å²) in [5, 5.41) is 2.90. The van der Waals surface area contributed by atoms with Crippen LogP contribution in [0.15, 0.2) is 12.1 Å². The Morgan fingerprint density at radius 1 is 1.19 bits per heavy atom. The van der Waals surface area contributed by atoms with Gasteiger partial charge in [-0.1, -0.05) is 19.3 Å². The Kier molecular flexibility index (Phi) is 6.42. The highest BCUT2D eigenvalue weighted by Gasteiger charge is 2.24. The summed E-state index contributed by atoms with van der Waals surface area (Å²) in [5.74, 6) is 0.936. The zero-order valence-electron chi connectivity index (χ0n) is 15.9. The number of carbonyl (C=O) groups excluding carboxylic acids is 2. The van der Waals surface area contributed by atoms with Gasteiger partial charge in [-0.15, -0.1) is 0 Å². The fourth-order valence-corrected chi connectivity index (χ4v) is 3.45. The van der Waals surface area contributed by atoms with Gasteiger partial charge >= 0.3 is 5.97 Å². The Hall–Kier alpha value is -2.44. The molecule has 1 N–H and O–H groups in total. The number of carbonyl (C=O) groups is 2. The Bertz CT molecular complexity index is 666. The molecule has 0 bridgehead atoms.